The zero-order valence-corrected chi connectivity index (χ0v) is 39.5. The van der Waals surface area contributed by atoms with Gasteiger partial charge in [0.2, 0.25) is 0 Å². The minimum absolute atomic E-state index is 0.0640. The molecule has 0 bridgehead atoms. The number of carbonyl (C=O) groups excluding carboxylic acids is 7. The normalized spacial score (nSPS) is 15.5. The number of rotatable bonds is 5. The summed E-state index contributed by atoms with van der Waals surface area (Å²) in [7, 11) is 1.48. The summed E-state index contributed by atoms with van der Waals surface area (Å²) in [6.45, 7) is -0.128. The third-order valence-corrected chi connectivity index (χ3v) is 16.5. The fourth-order valence-corrected chi connectivity index (χ4v) is 13.2. The van der Waals surface area contributed by atoms with Gasteiger partial charge >= 0.3 is 0 Å². The fourth-order valence-electron chi connectivity index (χ4n) is 13.2. The maximum Gasteiger partial charge on any atom is 0.261 e. The fraction of sp³-hybridized carbons (Fsp3) is 0.0469. The molecule has 352 valence electrons. The van der Waals surface area contributed by atoms with Crippen molar-refractivity contribution in [2.75, 3.05) is 7.05 Å². The van der Waals surface area contributed by atoms with Crippen LogP contribution in [0.1, 0.15) is 94.8 Å². The van der Waals surface area contributed by atoms with E-state index < -0.39 is 23.6 Å². The summed E-state index contributed by atoms with van der Waals surface area (Å²) in [5.41, 5.74) is 5.59. The van der Waals surface area contributed by atoms with Crippen LogP contribution in [-0.4, -0.2) is 68.1 Å². The number of hydrogen-bond donors (Lipinski definition) is 1. The average Bonchev–Trinajstić information content (AvgIpc) is 3.49. The van der Waals surface area contributed by atoms with Crippen molar-refractivity contribution in [2.45, 2.75) is 13.1 Å². The van der Waals surface area contributed by atoms with Crippen LogP contribution in [0.3, 0.4) is 0 Å². The molecule has 16 rings (SSSR count). The molecule has 6 amide bonds. The number of benzene rings is 12. The minimum Gasteiger partial charge on any atom is -0.507 e. The van der Waals surface area contributed by atoms with E-state index in [1.165, 1.54) is 16.8 Å². The Kier molecular flexibility index (Phi) is 7.79. The molecule has 11 heteroatoms. The van der Waals surface area contributed by atoms with Crippen LogP contribution in [0, 0.1) is 0 Å². The number of carbonyl (C=O) groups is 7. The van der Waals surface area contributed by atoms with Crippen molar-refractivity contribution < 1.29 is 38.7 Å². The first-order valence-electron chi connectivity index (χ1n) is 24.5. The van der Waals surface area contributed by atoms with Gasteiger partial charge in [0.15, 0.2) is 5.78 Å². The summed E-state index contributed by atoms with van der Waals surface area (Å²) in [6.07, 6.45) is 0. The second kappa shape index (κ2) is 14.1. The molecule has 0 saturated carbocycles. The van der Waals surface area contributed by atoms with Crippen molar-refractivity contribution in [3.8, 4) is 0 Å². The second-order valence-corrected chi connectivity index (χ2v) is 20.1. The van der Waals surface area contributed by atoms with E-state index in [4.69, 9.17) is 0 Å². The topological polar surface area (TPSA) is 149 Å². The van der Waals surface area contributed by atoms with Gasteiger partial charge in [0.05, 0.1) is 18.7 Å². The highest BCUT2D eigenvalue weighted by Gasteiger charge is 2.39. The molecule has 0 radical (unpaired) electrons. The second-order valence-electron chi connectivity index (χ2n) is 20.1. The first kappa shape index (κ1) is 41.5. The molecule has 3 aliphatic heterocycles. The third kappa shape index (κ3) is 5.06. The highest BCUT2D eigenvalue weighted by atomic mass is 16.3. The quantitative estimate of drug-likeness (QED) is 0.102. The van der Waals surface area contributed by atoms with E-state index in [0.29, 0.717) is 82.7 Å². The molecule has 0 spiro atoms. The van der Waals surface area contributed by atoms with Crippen LogP contribution < -0.4 is 0 Å². The number of amides is 6. The first-order chi connectivity index (χ1) is 36.5. The van der Waals surface area contributed by atoms with E-state index in [-0.39, 0.29) is 42.0 Å². The Labute approximate surface area is 423 Å². The van der Waals surface area contributed by atoms with Crippen molar-refractivity contribution in [3.63, 3.8) is 0 Å². The Morgan fingerprint density at radius 3 is 1.03 bits per heavy atom. The molecule has 12 aromatic rings. The van der Waals surface area contributed by atoms with E-state index in [2.05, 4.69) is 0 Å². The molecule has 12 aromatic carbocycles. The van der Waals surface area contributed by atoms with Crippen molar-refractivity contribution in [3.05, 3.63) is 213 Å². The number of aliphatic hydroxyl groups is 1. The number of fused-ring (bicyclic) bond motifs is 4. The Bertz CT molecular complexity index is 4710. The Morgan fingerprint density at radius 1 is 0.333 bits per heavy atom. The zero-order chi connectivity index (χ0) is 50.6. The zero-order valence-electron chi connectivity index (χ0n) is 39.5. The molecule has 0 saturated heterocycles. The summed E-state index contributed by atoms with van der Waals surface area (Å²) in [5.74, 6) is -2.92. The maximum atomic E-state index is 14.6. The molecule has 75 heavy (non-hydrogen) atoms. The molecule has 1 N–H and O–H groups in total. The molecule has 1 aliphatic carbocycles. The van der Waals surface area contributed by atoms with Crippen LogP contribution in [0.2, 0.25) is 0 Å². The standard InChI is InChI=1S/C64H33N3O8/c1-65-59(70)42-20-12-34-38-16-24-46-56-47(25-17-39(52(38)56)35-13-21-43(60(65)71)54(42)50(34)35)64(75)67(63(46)74)28-30-7-5-6-29(26-30)27-66-61(72)44-22-14-36-32-10-18-40-53-41(58(69)48(57(40)68)31-8-3-2-4-9-31)19-11-33(49(32)53)37-15-23-45(62(66)73)55(44)51(36)37/h2-26,68H,27-28H2,1H3. The van der Waals surface area contributed by atoms with Gasteiger partial charge in [-0.2, -0.15) is 0 Å². The molecule has 0 atom stereocenters. The lowest BCUT2D eigenvalue weighted by molar-refractivity contribution is 0.0586. The summed E-state index contributed by atoms with van der Waals surface area (Å²) in [6, 6.07) is 45.6. The number of imide groups is 3. The van der Waals surface area contributed by atoms with Gasteiger partial charge in [-0.3, -0.25) is 48.3 Å². The van der Waals surface area contributed by atoms with E-state index in [0.717, 1.165) is 69.5 Å². The van der Waals surface area contributed by atoms with Crippen LogP contribution >= 0.6 is 0 Å². The number of aliphatic hydroxyl groups excluding tert-OH is 1. The maximum absolute atomic E-state index is 14.6. The van der Waals surface area contributed by atoms with Gasteiger partial charge < -0.3 is 5.11 Å². The summed E-state index contributed by atoms with van der Waals surface area (Å²) in [5, 5.41) is 23.7. The van der Waals surface area contributed by atoms with E-state index >= 15 is 0 Å². The monoisotopic (exact) mass is 971 g/mol. The predicted octanol–water partition coefficient (Wildman–Crippen LogP) is 12.2. The number of hydrogen-bond acceptors (Lipinski definition) is 8. The van der Waals surface area contributed by atoms with Gasteiger partial charge in [-0.1, -0.05) is 103 Å². The van der Waals surface area contributed by atoms with Gasteiger partial charge in [-0.25, -0.2) is 0 Å². The highest BCUT2D eigenvalue weighted by molar-refractivity contribution is 6.46. The molecule has 4 aliphatic rings. The Hall–Kier alpha value is -10.1. The Morgan fingerprint density at radius 2 is 0.653 bits per heavy atom. The van der Waals surface area contributed by atoms with Crippen LogP contribution in [0.25, 0.3) is 97.5 Å². The lowest BCUT2D eigenvalue weighted by Crippen LogP contribution is -2.40. The smallest absolute Gasteiger partial charge is 0.261 e. The van der Waals surface area contributed by atoms with E-state index in [1.807, 2.05) is 103 Å². The lowest BCUT2D eigenvalue weighted by atomic mass is 9.79. The van der Waals surface area contributed by atoms with Crippen molar-refractivity contribution in [1.29, 1.82) is 0 Å². The summed E-state index contributed by atoms with van der Waals surface area (Å²) >= 11 is 0. The molecular formula is C64H33N3O8. The Balaban J connectivity index is 0.732. The number of nitrogens with zero attached hydrogens (tertiary/aromatic N) is 3. The lowest BCUT2D eigenvalue weighted by Gasteiger charge is -2.30. The number of Topliss-reactive ketones (excluding diaryl/α,β-unsaturated/α-hetero) is 1. The highest BCUT2D eigenvalue weighted by Crippen LogP contribution is 2.50. The van der Waals surface area contributed by atoms with Crippen LogP contribution in [0.15, 0.2) is 152 Å². The largest absolute Gasteiger partial charge is 0.507 e. The first-order valence-corrected chi connectivity index (χ1v) is 24.5. The molecular weight excluding hydrogens is 939 g/mol. The average molecular weight is 972 g/mol. The van der Waals surface area contributed by atoms with Gasteiger partial charge in [0, 0.05) is 73.1 Å². The van der Waals surface area contributed by atoms with Crippen LogP contribution in [0.4, 0.5) is 0 Å². The summed E-state index contributed by atoms with van der Waals surface area (Å²) < 4.78 is 0. The van der Waals surface area contributed by atoms with Crippen molar-refractivity contribution in [1.82, 2.24) is 14.7 Å². The van der Waals surface area contributed by atoms with Crippen LogP contribution in [-0.2, 0) is 13.1 Å². The number of allylic oxidation sites excluding steroid dienone is 1. The third-order valence-electron chi connectivity index (χ3n) is 16.5. The molecule has 11 nitrogen and oxygen atoms in total. The SMILES string of the molecule is CN1C(=O)c2ccc3c4ccc5c6c(ccc(c7ccc(c2c37)C1=O)c64)C(=O)N(Cc1cccc(CN2C(=O)c3ccc4c6ccc7c8c(ccc(c9ccc(c3c49)C2=O)c86)C(O)=C(c2ccccc2)C7=O)c1)C5=O. The predicted molar refractivity (Wildman–Crippen MR) is 287 cm³/mol. The van der Waals surface area contributed by atoms with Crippen molar-refractivity contribution >= 4 is 139 Å². The van der Waals surface area contributed by atoms with Gasteiger partial charge in [-0.05, 0) is 130 Å². The van der Waals surface area contributed by atoms with Crippen LogP contribution in [0.5, 0.6) is 0 Å². The van der Waals surface area contributed by atoms with Gasteiger partial charge in [0.1, 0.15) is 5.76 Å². The summed E-state index contributed by atoms with van der Waals surface area (Å²) in [4.78, 5) is 103. The van der Waals surface area contributed by atoms with E-state index in [9.17, 15) is 38.7 Å². The van der Waals surface area contributed by atoms with Gasteiger partial charge in [-0.15, -0.1) is 0 Å². The van der Waals surface area contributed by atoms with E-state index in [1.54, 1.807) is 48.5 Å². The van der Waals surface area contributed by atoms with Crippen molar-refractivity contribution in [2.24, 2.45) is 0 Å². The molecule has 0 unspecified atom stereocenters. The van der Waals surface area contributed by atoms with Gasteiger partial charge in [0.25, 0.3) is 35.4 Å². The molecule has 3 heterocycles. The minimum atomic E-state index is -0.460. The number of ketones is 1. The molecule has 0 fully saturated rings. The molecule has 0 aromatic heterocycles.